The Morgan fingerprint density at radius 3 is 2.55 bits per heavy atom. The third-order valence-corrected chi connectivity index (χ3v) is 11.9. The molecule has 1 aromatic carbocycles. The van der Waals surface area contributed by atoms with E-state index in [1.807, 2.05) is 25.2 Å². The number of ketones is 1. The maximum atomic E-state index is 13.8. The number of benzene rings is 1. The number of aliphatic hydroxyl groups excluding tert-OH is 2. The summed E-state index contributed by atoms with van der Waals surface area (Å²) in [5.41, 5.74) is -6.08. The predicted molar refractivity (Wildman–Crippen MR) is 174 cm³/mol. The fraction of sp³-hybridized carbons (Fsp3) is 0.579. The summed E-state index contributed by atoms with van der Waals surface area (Å²) in [4.78, 5) is 27.6. The Kier molecular flexibility index (Phi) is 8.60. The van der Waals surface area contributed by atoms with Gasteiger partial charge in [0.25, 0.3) is 0 Å². The van der Waals surface area contributed by atoms with Crippen LogP contribution in [0.3, 0.4) is 0 Å². The number of hydrogen-bond donors (Lipinski definition) is 4. The van der Waals surface area contributed by atoms with E-state index in [9.17, 15) is 30.0 Å². The van der Waals surface area contributed by atoms with Crippen molar-refractivity contribution < 1.29 is 44.2 Å². The van der Waals surface area contributed by atoms with Crippen molar-refractivity contribution in [3.05, 3.63) is 84.0 Å². The first-order valence-electron chi connectivity index (χ1n) is 16.9. The smallest absolute Gasteiger partial charge is 0.338 e. The van der Waals surface area contributed by atoms with Gasteiger partial charge in [0.15, 0.2) is 22.8 Å². The van der Waals surface area contributed by atoms with Gasteiger partial charge in [-0.15, -0.1) is 0 Å². The summed E-state index contributed by atoms with van der Waals surface area (Å²) >= 11 is 0. The van der Waals surface area contributed by atoms with Crippen molar-refractivity contribution in [1.29, 1.82) is 0 Å². The van der Waals surface area contributed by atoms with E-state index in [0.717, 1.165) is 25.7 Å². The number of ether oxygens (including phenoxy) is 3. The highest BCUT2D eigenvalue weighted by atomic mass is 16.8. The Labute approximate surface area is 276 Å². The molecule has 9 nitrogen and oxygen atoms in total. The van der Waals surface area contributed by atoms with E-state index in [1.54, 1.807) is 50.3 Å². The van der Waals surface area contributed by atoms with Crippen LogP contribution in [0.2, 0.25) is 0 Å². The number of Topliss-reactive ketones (excluding diaryl/α,β-unsaturated/α-hetero) is 1. The van der Waals surface area contributed by atoms with Gasteiger partial charge in [-0.3, -0.25) is 4.79 Å². The fourth-order valence-electron chi connectivity index (χ4n) is 9.63. The second-order valence-electron chi connectivity index (χ2n) is 14.5. The molecular weight excluding hydrogens is 600 g/mol. The van der Waals surface area contributed by atoms with E-state index in [4.69, 9.17) is 14.2 Å². The molecule has 3 aliphatic carbocycles. The van der Waals surface area contributed by atoms with Crippen LogP contribution in [0, 0.1) is 23.2 Å². The first-order chi connectivity index (χ1) is 22.3. The number of hydrogen-bond acceptors (Lipinski definition) is 9. The molecule has 0 spiro atoms. The summed E-state index contributed by atoms with van der Waals surface area (Å²) in [5.74, 6) is -4.94. The molecule has 1 aromatic rings. The monoisotopic (exact) mass is 648 g/mol. The molecule has 2 saturated heterocycles. The molecule has 11 atom stereocenters. The van der Waals surface area contributed by atoms with Gasteiger partial charge in [0.1, 0.15) is 23.9 Å². The van der Waals surface area contributed by atoms with Gasteiger partial charge in [0, 0.05) is 18.3 Å². The summed E-state index contributed by atoms with van der Waals surface area (Å²) in [7, 11) is 0. The van der Waals surface area contributed by atoms with E-state index in [1.165, 1.54) is 0 Å². The van der Waals surface area contributed by atoms with Crippen LogP contribution in [-0.2, 0) is 19.0 Å². The summed E-state index contributed by atoms with van der Waals surface area (Å²) in [6.07, 6.45) is 9.73. The lowest BCUT2D eigenvalue weighted by molar-refractivity contribution is -0.246. The number of aliphatic hydroxyl groups is 4. The van der Waals surface area contributed by atoms with Gasteiger partial charge in [0.05, 0.1) is 12.2 Å². The topological polar surface area (TPSA) is 143 Å². The van der Waals surface area contributed by atoms with Crippen LogP contribution in [0.5, 0.6) is 0 Å². The van der Waals surface area contributed by atoms with Gasteiger partial charge in [-0.2, -0.15) is 0 Å². The van der Waals surface area contributed by atoms with Gasteiger partial charge < -0.3 is 34.6 Å². The van der Waals surface area contributed by atoms with Crippen LogP contribution >= 0.6 is 0 Å². The Hall–Kier alpha value is -2.92. The number of allylic oxidation sites excluding steroid dienone is 3. The first kappa shape index (κ1) is 34.0. The van der Waals surface area contributed by atoms with Crippen LogP contribution in [0.4, 0.5) is 0 Å². The van der Waals surface area contributed by atoms with E-state index in [0.29, 0.717) is 11.1 Å². The number of carbonyl (C=O) groups excluding carboxylic acids is 2. The number of rotatable bonds is 10. The van der Waals surface area contributed by atoms with Crippen molar-refractivity contribution in [2.45, 2.75) is 107 Å². The van der Waals surface area contributed by atoms with Crippen LogP contribution in [0.25, 0.3) is 0 Å². The van der Waals surface area contributed by atoms with Gasteiger partial charge in [-0.25, -0.2) is 4.79 Å². The Morgan fingerprint density at radius 2 is 1.89 bits per heavy atom. The van der Waals surface area contributed by atoms with E-state index in [-0.39, 0.29) is 18.4 Å². The maximum Gasteiger partial charge on any atom is 0.338 e. The third-order valence-electron chi connectivity index (χ3n) is 11.9. The number of carbonyl (C=O) groups is 2. The average molecular weight is 649 g/mol. The molecule has 0 amide bonds. The highest BCUT2D eigenvalue weighted by molar-refractivity contribution is 6.05. The molecule has 4 N–H and O–H groups in total. The van der Waals surface area contributed by atoms with Crippen LogP contribution in [0.15, 0.2) is 78.4 Å². The summed E-state index contributed by atoms with van der Waals surface area (Å²) in [5, 5.41) is 46.5. The van der Waals surface area contributed by atoms with Gasteiger partial charge in [0.2, 0.25) is 0 Å². The van der Waals surface area contributed by atoms with E-state index >= 15 is 0 Å². The molecule has 2 aliphatic heterocycles. The van der Waals surface area contributed by atoms with Crippen molar-refractivity contribution in [2.24, 2.45) is 23.2 Å². The largest absolute Gasteiger partial charge is 0.455 e. The van der Waals surface area contributed by atoms with Crippen LogP contribution in [0.1, 0.15) is 76.6 Å². The van der Waals surface area contributed by atoms with E-state index in [2.05, 4.69) is 19.6 Å². The standard InChI is InChI=1S/C38H48O9/c1-6-7-8-9-10-11-15-18-35-21-36-25(5)30(45-32(41)26-16-13-12-14-17-26)38(47-35,23(2)3)31(46-35)27(36)20-34(43,22-39)33(42)37(44)28(36)19-24(4)29(37)40/h10-19,25,27-28,30-31,33,39,42-44H,2,6-9,20-22H2,1,3-5H3/b11-10+,18-15+/t25-,27+,28?,30-,31-,33-,34-,35?,36+,37-,38+/m1/s1. The zero-order chi connectivity index (χ0) is 34.0. The molecule has 4 fully saturated rings. The lowest BCUT2D eigenvalue weighted by atomic mass is 9.45. The molecule has 254 valence electrons. The molecule has 2 heterocycles. The predicted octanol–water partition coefficient (Wildman–Crippen LogP) is 4.35. The average Bonchev–Trinajstić information content (AvgIpc) is 3.44. The second kappa shape index (κ2) is 11.9. The Bertz CT molecular complexity index is 1520. The number of fused-ring (bicyclic) bond motifs is 2. The third kappa shape index (κ3) is 4.72. The molecule has 9 heteroatoms. The zero-order valence-corrected chi connectivity index (χ0v) is 27.7. The zero-order valence-electron chi connectivity index (χ0n) is 27.7. The molecule has 2 saturated carbocycles. The maximum absolute atomic E-state index is 13.8. The normalized spacial score (nSPS) is 43.6. The molecule has 6 rings (SSSR count). The molecule has 47 heavy (non-hydrogen) atoms. The molecule has 3 bridgehead atoms. The van der Waals surface area contributed by atoms with Gasteiger partial charge in [-0.05, 0) is 73.8 Å². The molecule has 5 aliphatic rings. The van der Waals surface area contributed by atoms with Crippen molar-refractivity contribution in [1.82, 2.24) is 0 Å². The molecule has 0 radical (unpaired) electrons. The van der Waals surface area contributed by atoms with Crippen molar-refractivity contribution >= 4 is 11.8 Å². The lowest BCUT2D eigenvalue weighted by Gasteiger charge is -2.62. The van der Waals surface area contributed by atoms with Gasteiger partial charge >= 0.3 is 5.97 Å². The Balaban J connectivity index is 1.55. The minimum Gasteiger partial charge on any atom is -0.455 e. The molecule has 2 unspecified atom stereocenters. The molecular formula is C38H48O9. The minimum atomic E-state index is -2.46. The fourth-order valence-corrected chi connectivity index (χ4v) is 9.63. The highest BCUT2D eigenvalue weighted by Gasteiger charge is 2.83. The highest BCUT2D eigenvalue weighted by Crippen LogP contribution is 2.74. The number of unbranched alkanes of at least 4 members (excludes halogenated alkanes) is 3. The summed E-state index contributed by atoms with van der Waals surface area (Å²) in [6, 6.07) is 8.62. The second-order valence-corrected chi connectivity index (χ2v) is 14.5. The SMILES string of the molecule is C=C(C)[C@@]12OC3(/C=C/C=C/CCCCC)C[C@]4(C5C=C(C)C(=O)[C@@]5(O)[C@H](O)[C@](O)(CO)C[C@H]4[C@H]1O3)[C@H](C)[C@H]2OC(=O)c1ccccc1. The van der Waals surface area contributed by atoms with Crippen LogP contribution in [-0.4, -0.2) is 79.7 Å². The minimum absolute atomic E-state index is 0.120. The number of esters is 1. The van der Waals surface area contributed by atoms with Crippen molar-refractivity contribution in [3.63, 3.8) is 0 Å². The summed E-state index contributed by atoms with van der Waals surface area (Å²) in [6.45, 7) is 10.9. The van der Waals surface area contributed by atoms with Crippen molar-refractivity contribution in [2.75, 3.05) is 6.61 Å². The Morgan fingerprint density at radius 1 is 1.17 bits per heavy atom. The lowest BCUT2D eigenvalue weighted by Crippen LogP contribution is -2.71. The quantitative estimate of drug-likeness (QED) is 0.126. The first-order valence-corrected chi connectivity index (χ1v) is 16.9. The van der Waals surface area contributed by atoms with Crippen LogP contribution < -0.4 is 0 Å². The van der Waals surface area contributed by atoms with E-state index < -0.39 is 82.4 Å². The van der Waals surface area contributed by atoms with Gasteiger partial charge in [-0.1, -0.05) is 75.8 Å². The summed E-state index contributed by atoms with van der Waals surface area (Å²) < 4.78 is 20.3. The van der Waals surface area contributed by atoms with Crippen molar-refractivity contribution in [3.8, 4) is 0 Å². The molecule has 0 aromatic heterocycles.